The van der Waals surface area contributed by atoms with Crippen LogP contribution in [-0.2, 0) is 0 Å². The fourth-order valence-corrected chi connectivity index (χ4v) is 4.13. The number of piperidine rings is 1. The van der Waals surface area contributed by atoms with Gasteiger partial charge in [-0.1, -0.05) is 19.3 Å². The van der Waals surface area contributed by atoms with Gasteiger partial charge >= 0.3 is 0 Å². The molecular formula is C13H23NO. The monoisotopic (exact) mass is 209 g/mol. The maximum atomic E-state index is 11.0. The van der Waals surface area contributed by atoms with E-state index < -0.39 is 0 Å². The number of fused-ring (bicyclic) bond motifs is 2. The van der Waals surface area contributed by atoms with Crippen molar-refractivity contribution >= 4 is 0 Å². The van der Waals surface area contributed by atoms with Crippen molar-refractivity contribution in [2.45, 2.75) is 50.5 Å². The van der Waals surface area contributed by atoms with Crippen LogP contribution in [0.2, 0.25) is 0 Å². The van der Waals surface area contributed by atoms with Crippen molar-refractivity contribution in [3.8, 4) is 0 Å². The molecule has 2 heteroatoms. The number of hydrogen-bond donors (Lipinski definition) is 1. The van der Waals surface area contributed by atoms with Gasteiger partial charge in [0.1, 0.15) is 0 Å². The minimum Gasteiger partial charge on any atom is -0.389 e. The minimum atomic E-state index is -0.284. The average Bonchev–Trinajstić information content (AvgIpc) is 2.71. The summed E-state index contributed by atoms with van der Waals surface area (Å²) in [6.07, 6.45) is 8.95. The van der Waals surface area contributed by atoms with E-state index in [9.17, 15) is 5.11 Å². The van der Waals surface area contributed by atoms with Crippen molar-refractivity contribution < 1.29 is 5.11 Å². The molecule has 1 saturated carbocycles. The molecule has 0 aromatic heterocycles. The summed E-state index contributed by atoms with van der Waals surface area (Å²) in [7, 11) is 0. The van der Waals surface area contributed by atoms with Gasteiger partial charge in [0, 0.05) is 19.0 Å². The largest absolute Gasteiger partial charge is 0.389 e. The molecule has 15 heavy (non-hydrogen) atoms. The van der Waals surface area contributed by atoms with Crippen molar-refractivity contribution in [2.24, 2.45) is 11.8 Å². The SMILES string of the molecule is OC1(C2CCCCC2)CCN2CCC1C2. The van der Waals surface area contributed by atoms with E-state index in [2.05, 4.69) is 4.90 Å². The molecule has 86 valence electrons. The standard InChI is InChI=1S/C13H23NO/c15-13(11-4-2-1-3-5-11)7-9-14-8-6-12(13)10-14/h11-12,15H,1-10H2. The number of nitrogens with zero attached hydrogens (tertiary/aromatic N) is 1. The van der Waals surface area contributed by atoms with Gasteiger partial charge < -0.3 is 10.0 Å². The Balaban J connectivity index is 1.76. The van der Waals surface area contributed by atoms with Gasteiger partial charge in [-0.05, 0) is 38.1 Å². The molecule has 0 radical (unpaired) electrons. The molecule has 3 unspecified atom stereocenters. The third kappa shape index (κ3) is 1.62. The molecule has 2 heterocycles. The number of hydrogen-bond acceptors (Lipinski definition) is 2. The highest BCUT2D eigenvalue weighted by atomic mass is 16.3. The molecule has 2 saturated heterocycles. The van der Waals surface area contributed by atoms with E-state index in [1.165, 1.54) is 51.6 Å². The van der Waals surface area contributed by atoms with Gasteiger partial charge in [0.15, 0.2) is 0 Å². The highest BCUT2D eigenvalue weighted by Gasteiger charge is 2.49. The Labute approximate surface area is 92.7 Å². The molecule has 0 aromatic rings. The van der Waals surface area contributed by atoms with Crippen molar-refractivity contribution in [2.75, 3.05) is 19.6 Å². The van der Waals surface area contributed by atoms with E-state index in [0.29, 0.717) is 11.8 Å². The Morgan fingerprint density at radius 1 is 0.933 bits per heavy atom. The van der Waals surface area contributed by atoms with Crippen molar-refractivity contribution in [3.63, 3.8) is 0 Å². The van der Waals surface area contributed by atoms with Gasteiger partial charge in [-0.15, -0.1) is 0 Å². The summed E-state index contributed by atoms with van der Waals surface area (Å²) in [5.74, 6) is 1.21. The molecule has 0 aromatic carbocycles. The second-order valence-corrected chi connectivity index (χ2v) is 5.86. The molecule has 1 aliphatic carbocycles. The van der Waals surface area contributed by atoms with Crippen LogP contribution in [0.15, 0.2) is 0 Å². The summed E-state index contributed by atoms with van der Waals surface area (Å²) >= 11 is 0. The maximum Gasteiger partial charge on any atom is 0.0728 e. The molecule has 3 fully saturated rings. The lowest BCUT2D eigenvalue weighted by Gasteiger charge is -2.45. The molecule has 3 rings (SSSR count). The molecule has 2 nitrogen and oxygen atoms in total. The molecule has 3 aliphatic rings. The molecule has 2 aliphatic heterocycles. The van der Waals surface area contributed by atoms with Crippen molar-refractivity contribution in [1.29, 1.82) is 0 Å². The van der Waals surface area contributed by atoms with Gasteiger partial charge in [-0.3, -0.25) is 0 Å². The summed E-state index contributed by atoms with van der Waals surface area (Å²) in [6.45, 7) is 3.55. The smallest absolute Gasteiger partial charge is 0.0728 e. The van der Waals surface area contributed by atoms with Crippen molar-refractivity contribution in [3.05, 3.63) is 0 Å². The highest BCUT2D eigenvalue weighted by molar-refractivity contribution is 5.01. The van der Waals surface area contributed by atoms with E-state index in [1.807, 2.05) is 0 Å². The zero-order valence-electron chi connectivity index (χ0n) is 9.62. The van der Waals surface area contributed by atoms with E-state index in [1.54, 1.807) is 0 Å². The molecule has 0 amide bonds. The average molecular weight is 209 g/mol. The Bertz CT molecular complexity index is 237. The molecule has 1 N–H and O–H groups in total. The predicted octanol–water partition coefficient (Wildman–Crippen LogP) is 2.02. The van der Waals surface area contributed by atoms with Gasteiger partial charge in [0.2, 0.25) is 0 Å². The number of rotatable bonds is 1. The Hall–Kier alpha value is -0.0800. The topological polar surface area (TPSA) is 23.5 Å². The van der Waals surface area contributed by atoms with Crippen LogP contribution in [0.25, 0.3) is 0 Å². The Kier molecular flexibility index (Phi) is 2.52. The summed E-state index contributed by atoms with van der Waals surface area (Å²) in [4.78, 5) is 2.53. The minimum absolute atomic E-state index is 0.284. The summed E-state index contributed by atoms with van der Waals surface area (Å²) in [6, 6.07) is 0. The van der Waals surface area contributed by atoms with Crippen LogP contribution >= 0.6 is 0 Å². The van der Waals surface area contributed by atoms with E-state index in [0.717, 1.165) is 13.0 Å². The maximum absolute atomic E-state index is 11.0. The molecule has 0 spiro atoms. The van der Waals surface area contributed by atoms with Crippen LogP contribution in [0.4, 0.5) is 0 Å². The van der Waals surface area contributed by atoms with Crippen LogP contribution in [0.1, 0.15) is 44.9 Å². The quantitative estimate of drug-likeness (QED) is 0.714. The third-order valence-corrected chi connectivity index (χ3v) is 5.12. The molecular weight excluding hydrogens is 186 g/mol. The van der Waals surface area contributed by atoms with Gasteiger partial charge in [0.25, 0.3) is 0 Å². The lowest BCUT2D eigenvalue weighted by Crippen LogP contribution is -2.51. The lowest BCUT2D eigenvalue weighted by atomic mass is 9.68. The first-order chi connectivity index (χ1) is 7.29. The van der Waals surface area contributed by atoms with Crippen LogP contribution in [0.5, 0.6) is 0 Å². The molecule has 3 atom stereocenters. The van der Waals surface area contributed by atoms with Crippen LogP contribution in [0, 0.1) is 11.8 Å². The van der Waals surface area contributed by atoms with Crippen LogP contribution in [-0.4, -0.2) is 35.2 Å². The van der Waals surface area contributed by atoms with E-state index in [4.69, 9.17) is 0 Å². The highest BCUT2D eigenvalue weighted by Crippen LogP contribution is 2.45. The van der Waals surface area contributed by atoms with Crippen molar-refractivity contribution in [1.82, 2.24) is 4.90 Å². The van der Waals surface area contributed by atoms with Gasteiger partial charge in [-0.25, -0.2) is 0 Å². The fraction of sp³-hybridized carbons (Fsp3) is 1.00. The Morgan fingerprint density at radius 2 is 1.73 bits per heavy atom. The van der Waals surface area contributed by atoms with Gasteiger partial charge in [-0.2, -0.15) is 0 Å². The first kappa shape index (κ1) is 10.1. The second-order valence-electron chi connectivity index (χ2n) is 5.86. The molecule has 2 bridgehead atoms. The zero-order chi connectivity index (χ0) is 10.3. The summed E-state index contributed by atoms with van der Waals surface area (Å²) < 4.78 is 0. The third-order valence-electron chi connectivity index (χ3n) is 5.12. The van der Waals surface area contributed by atoms with Crippen LogP contribution in [0.3, 0.4) is 0 Å². The van der Waals surface area contributed by atoms with E-state index in [-0.39, 0.29) is 5.60 Å². The van der Waals surface area contributed by atoms with E-state index >= 15 is 0 Å². The summed E-state index contributed by atoms with van der Waals surface area (Å²) in [5, 5.41) is 11.0. The Morgan fingerprint density at radius 3 is 2.53 bits per heavy atom. The predicted molar refractivity (Wildman–Crippen MR) is 60.7 cm³/mol. The summed E-state index contributed by atoms with van der Waals surface area (Å²) in [5.41, 5.74) is -0.284. The van der Waals surface area contributed by atoms with Crippen LogP contribution < -0.4 is 0 Å². The second kappa shape index (κ2) is 3.74. The van der Waals surface area contributed by atoms with Gasteiger partial charge in [0.05, 0.1) is 5.60 Å². The first-order valence-corrected chi connectivity index (χ1v) is 6.74. The first-order valence-electron chi connectivity index (χ1n) is 6.74. The fourth-order valence-electron chi connectivity index (χ4n) is 4.13. The number of aliphatic hydroxyl groups is 1. The zero-order valence-corrected chi connectivity index (χ0v) is 9.62. The normalized spacial score (nSPS) is 47.0. The lowest BCUT2D eigenvalue weighted by molar-refractivity contribution is -0.100.